The first kappa shape index (κ1) is 25.5. The van der Waals surface area contributed by atoms with E-state index in [2.05, 4.69) is 15.5 Å². The largest absolute Gasteiger partial charge is 0.311 e. The van der Waals surface area contributed by atoms with Crippen LogP contribution in [0.2, 0.25) is 0 Å². The highest BCUT2D eigenvalue weighted by atomic mass is 35.5. The summed E-state index contributed by atoms with van der Waals surface area (Å²) in [5.41, 5.74) is 9.13. The zero-order chi connectivity index (χ0) is 24.7. The van der Waals surface area contributed by atoms with Gasteiger partial charge in [0.15, 0.2) is 5.17 Å². The molecule has 0 unspecified atom stereocenters. The molecule has 186 valence electrons. The van der Waals surface area contributed by atoms with Crippen LogP contribution in [0.1, 0.15) is 22.6 Å². The third-order valence-corrected chi connectivity index (χ3v) is 7.07. The normalized spacial score (nSPS) is 14.4. The molecule has 1 N–H and O–H groups in total. The number of thioether (sulfide) groups is 1. The van der Waals surface area contributed by atoms with Crippen LogP contribution < -0.4 is 11.0 Å². The lowest BCUT2D eigenvalue weighted by atomic mass is 10.1. The number of nitrogens with zero attached hydrogens (tertiary/aromatic N) is 5. The Labute approximate surface area is 218 Å². The molecule has 0 fully saturated rings. The van der Waals surface area contributed by atoms with Gasteiger partial charge in [0.05, 0.1) is 17.1 Å². The van der Waals surface area contributed by atoms with Crippen molar-refractivity contribution in [3.8, 4) is 11.4 Å². The Morgan fingerprint density at radius 2 is 1.72 bits per heavy atom. The van der Waals surface area contributed by atoms with Crippen molar-refractivity contribution in [2.75, 3.05) is 5.75 Å². The van der Waals surface area contributed by atoms with Gasteiger partial charge in [-0.1, -0.05) is 42.1 Å². The highest BCUT2D eigenvalue weighted by molar-refractivity contribution is 8.14. The lowest BCUT2D eigenvalue weighted by Crippen LogP contribution is -2.25. The molecule has 2 aromatic carbocycles. The molecule has 0 spiro atoms. The fraction of sp³-hybridized carbons (Fsp3) is 0.192. The van der Waals surface area contributed by atoms with E-state index >= 15 is 0 Å². The molecule has 3 heterocycles. The van der Waals surface area contributed by atoms with Crippen LogP contribution in [0.25, 0.3) is 11.4 Å². The molecule has 0 saturated carbocycles. The fourth-order valence-corrected chi connectivity index (χ4v) is 5.14. The van der Waals surface area contributed by atoms with Crippen LogP contribution in [-0.4, -0.2) is 30.6 Å². The summed E-state index contributed by atoms with van der Waals surface area (Å²) in [4.78, 5) is 17.9. The van der Waals surface area contributed by atoms with Crippen LogP contribution in [0.3, 0.4) is 0 Å². The number of aryl methyl sites for hydroxylation is 1. The number of hydrazone groups is 1. The molecule has 36 heavy (non-hydrogen) atoms. The number of halogens is 2. The van der Waals surface area contributed by atoms with Crippen molar-refractivity contribution in [1.29, 1.82) is 0 Å². The number of amidine groups is 1. The second-order valence-corrected chi connectivity index (χ2v) is 9.32. The van der Waals surface area contributed by atoms with Crippen molar-refractivity contribution >= 4 is 40.7 Å². The summed E-state index contributed by atoms with van der Waals surface area (Å²) < 4.78 is 19.5. The van der Waals surface area contributed by atoms with Crippen LogP contribution >= 0.6 is 24.2 Å². The second-order valence-electron chi connectivity index (χ2n) is 8.36. The molecule has 0 aliphatic carbocycles. The monoisotopic (exact) mass is 524 g/mol. The van der Waals surface area contributed by atoms with Crippen molar-refractivity contribution in [1.82, 2.24) is 19.4 Å². The highest BCUT2D eigenvalue weighted by Gasteiger charge is 2.24. The van der Waals surface area contributed by atoms with E-state index in [0.717, 1.165) is 34.0 Å². The predicted molar refractivity (Wildman–Crippen MR) is 147 cm³/mol. The summed E-state index contributed by atoms with van der Waals surface area (Å²) in [6, 6.07) is 18.1. The Kier molecular flexibility index (Phi) is 7.23. The molecule has 7 nitrogen and oxygen atoms in total. The van der Waals surface area contributed by atoms with Gasteiger partial charge in [-0.2, -0.15) is 5.10 Å². The van der Waals surface area contributed by atoms with E-state index in [4.69, 9.17) is 0 Å². The van der Waals surface area contributed by atoms with Crippen LogP contribution in [0, 0.1) is 26.6 Å². The summed E-state index contributed by atoms with van der Waals surface area (Å²) in [7, 11) is 1.89. The lowest BCUT2D eigenvalue weighted by molar-refractivity contribution is 0.630. The average Bonchev–Trinajstić information content (AvgIpc) is 3.27. The van der Waals surface area contributed by atoms with Gasteiger partial charge in [0.25, 0.3) is 5.56 Å². The topological polar surface area (TPSA) is 68.6 Å². The van der Waals surface area contributed by atoms with E-state index in [1.54, 1.807) is 22.9 Å². The molecule has 0 atom stereocenters. The van der Waals surface area contributed by atoms with Crippen LogP contribution in [-0.2, 0) is 7.05 Å². The molecule has 10 heteroatoms. The van der Waals surface area contributed by atoms with Crippen molar-refractivity contribution < 1.29 is 4.39 Å². The maximum absolute atomic E-state index is 13.9. The summed E-state index contributed by atoms with van der Waals surface area (Å²) in [6.07, 6.45) is 0. The minimum atomic E-state index is -0.375. The molecule has 1 aliphatic rings. The van der Waals surface area contributed by atoms with Gasteiger partial charge in [0.2, 0.25) is 0 Å². The molecule has 0 saturated heterocycles. The second kappa shape index (κ2) is 10.2. The first-order valence-corrected chi connectivity index (χ1v) is 12.2. The molecule has 4 aromatic rings. The minimum absolute atomic E-state index is 0. The van der Waals surface area contributed by atoms with Crippen molar-refractivity contribution in [2.24, 2.45) is 17.1 Å². The Morgan fingerprint density at radius 3 is 2.39 bits per heavy atom. The van der Waals surface area contributed by atoms with Gasteiger partial charge < -0.3 is 4.57 Å². The number of rotatable bonds is 4. The Balaban J connectivity index is 0.00000304. The zero-order valence-electron chi connectivity index (χ0n) is 20.3. The van der Waals surface area contributed by atoms with Crippen LogP contribution in [0.5, 0.6) is 0 Å². The third kappa shape index (κ3) is 4.40. The number of benzene rings is 2. The summed E-state index contributed by atoms with van der Waals surface area (Å²) in [5, 5.41) is 5.06. The van der Waals surface area contributed by atoms with E-state index in [0.29, 0.717) is 16.6 Å². The Hall–Kier alpha value is -3.56. The number of aliphatic imine (C=N–C) groups is 1. The number of aromatic nitrogens is 3. The van der Waals surface area contributed by atoms with Crippen LogP contribution in [0.4, 0.5) is 10.1 Å². The summed E-state index contributed by atoms with van der Waals surface area (Å²) >= 11 is 1.46. The fourth-order valence-electron chi connectivity index (χ4n) is 4.37. The molecule has 5 rings (SSSR count). The van der Waals surface area contributed by atoms with Crippen LogP contribution in [0.15, 0.2) is 75.6 Å². The number of hydrogen-bond donors (Lipinski definition) is 1. The van der Waals surface area contributed by atoms with Gasteiger partial charge in [-0.25, -0.2) is 14.1 Å². The molecular formula is C26H26ClFN6OS. The van der Waals surface area contributed by atoms with Gasteiger partial charge in [-0.05, 0) is 51.1 Å². The molecule has 0 radical (unpaired) electrons. The van der Waals surface area contributed by atoms with E-state index in [1.807, 2.05) is 73.5 Å². The van der Waals surface area contributed by atoms with Gasteiger partial charge in [-0.15, -0.1) is 12.4 Å². The SMILES string of the molecule is Cc1cc(C2=NNC(=Nc3ccccc3F)SC2)c(C)n1-c1c(C)n(C)n(-c2ccccc2)c1=O.Cl. The molecule has 2 aromatic heterocycles. The summed E-state index contributed by atoms with van der Waals surface area (Å²) in [5.74, 6) is 0.201. The van der Waals surface area contributed by atoms with Gasteiger partial charge in [-0.3, -0.25) is 14.9 Å². The maximum Gasteiger partial charge on any atom is 0.295 e. The average molecular weight is 525 g/mol. The van der Waals surface area contributed by atoms with Crippen molar-refractivity contribution in [3.63, 3.8) is 0 Å². The third-order valence-electron chi connectivity index (χ3n) is 6.20. The molecule has 0 amide bonds. The minimum Gasteiger partial charge on any atom is -0.311 e. The standard InChI is InChI=1S/C26H25FN6OS.ClH/c1-16-14-20(23-15-35-26(30-29-23)28-22-13-9-8-12-21(22)27)17(2)32(16)24-18(3)31(4)33(25(24)34)19-10-6-5-7-11-19;/h5-14H,15H2,1-4H3,(H,28,30);1H. The maximum atomic E-state index is 13.9. The van der Waals surface area contributed by atoms with E-state index in [9.17, 15) is 9.18 Å². The van der Waals surface area contributed by atoms with E-state index < -0.39 is 0 Å². The lowest BCUT2D eigenvalue weighted by Gasteiger charge is -2.15. The predicted octanol–water partition coefficient (Wildman–Crippen LogP) is 5.18. The Bertz CT molecular complexity index is 1550. The van der Waals surface area contributed by atoms with Crippen molar-refractivity contribution in [3.05, 3.63) is 99.5 Å². The van der Waals surface area contributed by atoms with Gasteiger partial charge >= 0.3 is 0 Å². The number of hydrogen-bond acceptors (Lipinski definition) is 4. The number of nitrogens with one attached hydrogen (secondary N) is 1. The van der Waals surface area contributed by atoms with Gasteiger partial charge in [0, 0.05) is 29.8 Å². The summed E-state index contributed by atoms with van der Waals surface area (Å²) in [6.45, 7) is 5.94. The quantitative estimate of drug-likeness (QED) is 0.400. The zero-order valence-corrected chi connectivity index (χ0v) is 22.0. The molecule has 0 bridgehead atoms. The smallest absolute Gasteiger partial charge is 0.295 e. The first-order chi connectivity index (χ1) is 16.9. The molecular weight excluding hydrogens is 499 g/mol. The van der Waals surface area contributed by atoms with Crippen molar-refractivity contribution in [2.45, 2.75) is 20.8 Å². The highest BCUT2D eigenvalue weighted by Crippen LogP contribution is 2.26. The van der Waals surface area contributed by atoms with Gasteiger partial charge in [0.1, 0.15) is 17.2 Å². The Morgan fingerprint density at radius 1 is 1.03 bits per heavy atom. The molecule has 1 aliphatic heterocycles. The van der Waals surface area contributed by atoms with E-state index in [1.165, 1.54) is 17.8 Å². The number of para-hydroxylation sites is 2. The van der Waals surface area contributed by atoms with E-state index in [-0.39, 0.29) is 29.5 Å². The first-order valence-electron chi connectivity index (χ1n) is 11.2.